The molecular formula is C16H18N2O3. The molecule has 0 bridgehead atoms. The first kappa shape index (κ1) is 15.2. The lowest BCUT2D eigenvalue weighted by molar-refractivity contribution is -0.385. The van der Waals surface area contributed by atoms with Gasteiger partial charge in [0.05, 0.1) is 11.5 Å². The third-order valence-corrected chi connectivity index (χ3v) is 3.25. The van der Waals surface area contributed by atoms with Crippen molar-refractivity contribution in [3.05, 3.63) is 75.8 Å². The van der Waals surface area contributed by atoms with Gasteiger partial charge < -0.3 is 5.11 Å². The number of nitro groups is 1. The largest absolute Gasteiger partial charge is 0.395 e. The fourth-order valence-electron chi connectivity index (χ4n) is 2.26. The average molecular weight is 286 g/mol. The number of hydrogen-bond donors (Lipinski definition) is 1. The van der Waals surface area contributed by atoms with Crippen LogP contribution in [0.25, 0.3) is 0 Å². The molecule has 0 saturated heterocycles. The summed E-state index contributed by atoms with van der Waals surface area (Å²) in [5.74, 6) is 0. The molecule has 0 fully saturated rings. The molecule has 0 amide bonds. The number of nitrogens with zero attached hydrogens (tertiary/aromatic N) is 2. The van der Waals surface area contributed by atoms with Crippen molar-refractivity contribution in [2.24, 2.45) is 0 Å². The molecule has 0 spiro atoms. The van der Waals surface area contributed by atoms with Crippen LogP contribution in [-0.4, -0.2) is 28.1 Å². The second-order valence-corrected chi connectivity index (χ2v) is 4.81. The van der Waals surface area contributed by atoms with E-state index in [0.29, 0.717) is 25.2 Å². The molecule has 0 aliphatic rings. The van der Waals surface area contributed by atoms with E-state index in [2.05, 4.69) is 0 Å². The van der Waals surface area contributed by atoms with Crippen LogP contribution in [0.2, 0.25) is 0 Å². The van der Waals surface area contributed by atoms with Crippen molar-refractivity contribution >= 4 is 5.69 Å². The van der Waals surface area contributed by atoms with Crippen molar-refractivity contribution in [2.75, 3.05) is 13.2 Å². The molecule has 0 heterocycles. The van der Waals surface area contributed by atoms with Gasteiger partial charge in [0.1, 0.15) is 0 Å². The summed E-state index contributed by atoms with van der Waals surface area (Å²) < 4.78 is 0. The summed E-state index contributed by atoms with van der Waals surface area (Å²) in [5, 5.41) is 20.3. The van der Waals surface area contributed by atoms with E-state index in [-0.39, 0.29) is 17.2 Å². The van der Waals surface area contributed by atoms with Crippen molar-refractivity contribution in [3.63, 3.8) is 0 Å². The van der Waals surface area contributed by atoms with Gasteiger partial charge in [0.2, 0.25) is 0 Å². The summed E-state index contributed by atoms with van der Waals surface area (Å²) in [6.45, 7) is 1.58. The van der Waals surface area contributed by atoms with Gasteiger partial charge in [-0.25, -0.2) is 0 Å². The van der Waals surface area contributed by atoms with Gasteiger partial charge in [-0.1, -0.05) is 48.5 Å². The van der Waals surface area contributed by atoms with Gasteiger partial charge in [0.15, 0.2) is 0 Å². The Morgan fingerprint density at radius 1 is 1.00 bits per heavy atom. The van der Waals surface area contributed by atoms with E-state index in [1.165, 1.54) is 6.07 Å². The van der Waals surface area contributed by atoms with E-state index in [1.807, 2.05) is 35.2 Å². The molecule has 1 N–H and O–H groups in total. The number of hydrogen-bond acceptors (Lipinski definition) is 4. The van der Waals surface area contributed by atoms with Crippen LogP contribution in [0.4, 0.5) is 5.69 Å². The number of rotatable bonds is 7. The van der Waals surface area contributed by atoms with Gasteiger partial charge in [-0.15, -0.1) is 0 Å². The maximum absolute atomic E-state index is 11.1. The summed E-state index contributed by atoms with van der Waals surface area (Å²) in [5.41, 5.74) is 1.89. The van der Waals surface area contributed by atoms with Crippen LogP contribution < -0.4 is 0 Å². The number of benzene rings is 2. The van der Waals surface area contributed by atoms with Crippen LogP contribution in [0, 0.1) is 10.1 Å². The maximum Gasteiger partial charge on any atom is 0.273 e. The van der Waals surface area contributed by atoms with Crippen molar-refractivity contribution in [3.8, 4) is 0 Å². The van der Waals surface area contributed by atoms with Crippen LogP contribution in [0.15, 0.2) is 54.6 Å². The van der Waals surface area contributed by atoms with Crippen molar-refractivity contribution < 1.29 is 10.0 Å². The molecule has 21 heavy (non-hydrogen) atoms. The Balaban J connectivity index is 2.15. The molecule has 5 nitrogen and oxygen atoms in total. The fraction of sp³-hybridized carbons (Fsp3) is 0.250. The lowest BCUT2D eigenvalue weighted by Gasteiger charge is -2.21. The Kier molecular flexibility index (Phi) is 5.43. The smallest absolute Gasteiger partial charge is 0.273 e. The highest BCUT2D eigenvalue weighted by molar-refractivity contribution is 5.39. The van der Waals surface area contributed by atoms with Gasteiger partial charge in [-0.05, 0) is 5.56 Å². The molecule has 2 aromatic rings. The predicted molar refractivity (Wildman–Crippen MR) is 80.7 cm³/mol. The van der Waals surface area contributed by atoms with E-state index in [0.717, 1.165) is 5.56 Å². The summed E-state index contributed by atoms with van der Waals surface area (Å²) >= 11 is 0. The maximum atomic E-state index is 11.1. The molecule has 5 heteroatoms. The van der Waals surface area contributed by atoms with Crippen LogP contribution in [-0.2, 0) is 13.1 Å². The van der Waals surface area contributed by atoms with Gasteiger partial charge in [-0.3, -0.25) is 15.0 Å². The van der Waals surface area contributed by atoms with Crippen LogP contribution in [0.3, 0.4) is 0 Å². The van der Waals surface area contributed by atoms with Crippen molar-refractivity contribution in [1.82, 2.24) is 4.90 Å². The minimum absolute atomic E-state index is 0.0213. The molecule has 2 aromatic carbocycles. The molecule has 0 aromatic heterocycles. The second kappa shape index (κ2) is 7.52. The predicted octanol–water partition coefficient (Wildman–Crippen LogP) is 2.59. The lowest BCUT2D eigenvalue weighted by atomic mass is 10.1. The van der Waals surface area contributed by atoms with Crippen LogP contribution >= 0.6 is 0 Å². The van der Waals surface area contributed by atoms with Gasteiger partial charge in [-0.2, -0.15) is 0 Å². The highest BCUT2D eigenvalue weighted by atomic mass is 16.6. The molecule has 0 unspecified atom stereocenters. The van der Waals surface area contributed by atoms with Crippen molar-refractivity contribution in [1.29, 1.82) is 0 Å². The summed E-state index contributed by atoms with van der Waals surface area (Å²) in [7, 11) is 0. The zero-order valence-electron chi connectivity index (χ0n) is 11.7. The quantitative estimate of drug-likeness (QED) is 0.627. The molecular weight excluding hydrogens is 268 g/mol. The first-order valence-corrected chi connectivity index (χ1v) is 6.80. The first-order valence-electron chi connectivity index (χ1n) is 6.80. The molecule has 2 rings (SSSR count). The Labute approximate surface area is 123 Å². The topological polar surface area (TPSA) is 66.6 Å². The Morgan fingerprint density at radius 2 is 1.67 bits per heavy atom. The number of nitro benzene ring substituents is 1. The molecule has 0 aliphatic heterocycles. The minimum atomic E-state index is -0.366. The van der Waals surface area contributed by atoms with Crippen molar-refractivity contribution in [2.45, 2.75) is 13.1 Å². The van der Waals surface area contributed by atoms with Crippen LogP contribution in [0.1, 0.15) is 11.1 Å². The fourth-order valence-corrected chi connectivity index (χ4v) is 2.26. The first-order chi connectivity index (χ1) is 10.2. The van der Waals surface area contributed by atoms with E-state index >= 15 is 0 Å². The third kappa shape index (κ3) is 4.37. The molecule has 110 valence electrons. The summed E-state index contributed by atoms with van der Waals surface area (Å²) in [6, 6.07) is 16.6. The highest BCUT2D eigenvalue weighted by Gasteiger charge is 2.15. The molecule has 0 saturated carbocycles. The minimum Gasteiger partial charge on any atom is -0.395 e. The molecule has 0 aliphatic carbocycles. The summed E-state index contributed by atoms with van der Waals surface area (Å²) in [4.78, 5) is 12.7. The van der Waals surface area contributed by atoms with E-state index < -0.39 is 0 Å². The standard InChI is InChI=1S/C16H18N2O3/c19-11-10-17(12-14-6-2-1-3-7-14)13-15-8-4-5-9-16(15)18(20)21/h1-9,19H,10-13H2. The number of para-hydroxylation sites is 1. The molecule has 0 atom stereocenters. The monoisotopic (exact) mass is 286 g/mol. The Morgan fingerprint density at radius 3 is 2.33 bits per heavy atom. The lowest BCUT2D eigenvalue weighted by Crippen LogP contribution is -2.26. The molecule has 0 radical (unpaired) electrons. The zero-order chi connectivity index (χ0) is 15.1. The number of aliphatic hydroxyl groups is 1. The number of aliphatic hydroxyl groups excluding tert-OH is 1. The van der Waals surface area contributed by atoms with E-state index in [9.17, 15) is 15.2 Å². The SMILES string of the molecule is O=[N+]([O-])c1ccccc1CN(CCO)Cc1ccccc1. The zero-order valence-corrected chi connectivity index (χ0v) is 11.7. The van der Waals surface area contributed by atoms with Gasteiger partial charge in [0.25, 0.3) is 5.69 Å². The summed E-state index contributed by atoms with van der Waals surface area (Å²) in [6.07, 6.45) is 0. The van der Waals surface area contributed by atoms with E-state index in [4.69, 9.17) is 0 Å². The Bertz CT molecular complexity index is 587. The van der Waals surface area contributed by atoms with Gasteiger partial charge in [0, 0.05) is 31.3 Å². The van der Waals surface area contributed by atoms with Gasteiger partial charge >= 0.3 is 0 Å². The third-order valence-electron chi connectivity index (χ3n) is 3.25. The average Bonchev–Trinajstić information content (AvgIpc) is 2.49. The van der Waals surface area contributed by atoms with Crippen LogP contribution in [0.5, 0.6) is 0 Å². The Hall–Kier alpha value is -2.24. The van der Waals surface area contributed by atoms with E-state index in [1.54, 1.807) is 18.2 Å². The second-order valence-electron chi connectivity index (χ2n) is 4.81. The normalized spacial score (nSPS) is 10.8. The highest BCUT2D eigenvalue weighted by Crippen LogP contribution is 2.20.